The number of unbranched alkanes of at least 4 members (excludes halogenated alkanes) is 35. The average Bonchev–Trinajstić information content (AvgIpc) is 3.37. The summed E-state index contributed by atoms with van der Waals surface area (Å²) in [5.74, 6) is -2.06. The van der Waals surface area contributed by atoms with E-state index in [4.69, 9.17) is 18.9 Å². The average molecular weight is 1070 g/mol. The first-order chi connectivity index (χ1) is 36.0. The normalized spacial score (nSPS) is 18.8. The topological polar surface area (TPSA) is 186 Å². The summed E-state index contributed by atoms with van der Waals surface area (Å²) in [6, 6.07) is 0. The molecule has 6 atom stereocenters. The molecule has 1 rings (SSSR count). The summed E-state index contributed by atoms with van der Waals surface area (Å²) in [5.41, 5.74) is 0. The zero-order chi connectivity index (χ0) is 54.0. The Labute approximate surface area is 452 Å². The number of carbonyl (C=O) groups excluding carboxylic acids is 2. The molecule has 0 aromatic rings. The first-order valence-corrected chi connectivity index (χ1v) is 32.2. The number of hydrogen-bond donors (Lipinski definition) is 4. The SMILES string of the molecule is CCCCCCCCCCCCCCCC/C=C/CC/C=C/CCCC(=O)OC[C@H](CO[C@H]1O[C@H](CS(=O)(=O)O)[C@@H](O)C(O)C1O)OC(=O)CCC/C=C/CCCCCCCCCCCCCCCCCCCC. The lowest BCUT2D eigenvalue weighted by Gasteiger charge is -2.40. The maximum absolute atomic E-state index is 12.9. The first kappa shape index (κ1) is 69.9. The molecule has 0 aliphatic carbocycles. The third kappa shape index (κ3) is 43.9. The van der Waals surface area contributed by atoms with Crippen LogP contribution in [0.25, 0.3) is 0 Å². The molecule has 0 radical (unpaired) electrons. The molecule has 74 heavy (non-hydrogen) atoms. The van der Waals surface area contributed by atoms with Crippen LogP contribution in [0.4, 0.5) is 0 Å². The predicted molar refractivity (Wildman–Crippen MR) is 303 cm³/mol. The second kappa shape index (κ2) is 50.4. The molecule has 12 nitrogen and oxygen atoms in total. The zero-order valence-corrected chi connectivity index (χ0v) is 48.0. The van der Waals surface area contributed by atoms with Gasteiger partial charge in [0.25, 0.3) is 10.1 Å². The van der Waals surface area contributed by atoms with E-state index >= 15 is 0 Å². The quantitative estimate of drug-likeness (QED) is 0.0196. The predicted octanol–water partition coefficient (Wildman–Crippen LogP) is 15.2. The van der Waals surface area contributed by atoms with Crippen LogP contribution in [0.15, 0.2) is 36.5 Å². The fraction of sp³-hybridized carbons (Fsp3) is 0.869. The van der Waals surface area contributed by atoms with E-state index in [2.05, 4.69) is 50.3 Å². The van der Waals surface area contributed by atoms with E-state index in [0.29, 0.717) is 25.7 Å². The molecule has 434 valence electrons. The Balaban J connectivity index is 2.32. The minimum atomic E-state index is -4.62. The molecule has 0 spiro atoms. The fourth-order valence-electron chi connectivity index (χ4n) is 9.47. The highest BCUT2D eigenvalue weighted by atomic mass is 32.2. The third-order valence-corrected chi connectivity index (χ3v) is 14.9. The summed E-state index contributed by atoms with van der Waals surface area (Å²) in [6.45, 7) is 3.77. The van der Waals surface area contributed by atoms with E-state index in [9.17, 15) is 37.9 Å². The minimum Gasteiger partial charge on any atom is -0.462 e. The van der Waals surface area contributed by atoms with E-state index < -0.39 is 71.2 Å². The number of hydrogen-bond acceptors (Lipinski definition) is 11. The second-order valence-corrected chi connectivity index (χ2v) is 22.8. The second-order valence-electron chi connectivity index (χ2n) is 21.4. The first-order valence-electron chi connectivity index (χ1n) is 30.5. The Hall–Kier alpha value is -2.13. The van der Waals surface area contributed by atoms with Crippen molar-refractivity contribution >= 4 is 22.1 Å². The molecule has 0 amide bonds. The van der Waals surface area contributed by atoms with E-state index in [-0.39, 0.29) is 19.4 Å². The Bertz CT molecular complexity index is 1480. The van der Waals surface area contributed by atoms with Crippen LogP contribution in [0.3, 0.4) is 0 Å². The monoisotopic (exact) mass is 1070 g/mol. The van der Waals surface area contributed by atoms with E-state index in [1.807, 2.05) is 0 Å². The molecular formula is C61H112O12S. The van der Waals surface area contributed by atoms with Crippen LogP contribution in [0.1, 0.15) is 284 Å². The van der Waals surface area contributed by atoms with Gasteiger partial charge in [0.1, 0.15) is 36.8 Å². The van der Waals surface area contributed by atoms with Crippen LogP contribution in [-0.2, 0) is 38.7 Å². The number of allylic oxidation sites excluding steroid dienone is 6. The Morgan fingerprint density at radius 2 is 0.784 bits per heavy atom. The lowest BCUT2D eigenvalue weighted by molar-refractivity contribution is -0.297. The molecule has 4 N–H and O–H groups in total. The van der Waals surface area contributed by atoms with Crippen molar-refractivity contribution in [2.45, 2.75) is 320 Å². The van der Waals surface area contributed by atoms with Crippen LogP contribution in [0.5, 0.6) is 0 Å². The van der Waals surface area contributed by atoms with Gasteiger partial charge in [-0.25, -0.2) is 0 Å². The minimum absolute atomic E-state index is 0.111. The lowest BCUT2D eigenvalue weighted by atomic mass is 10.00. The Morgan fingerprint density at radius 1 is 0.446 bits per heavy atom. The van der Waals surface area contributed by atoms with Gasteiger partial charge in [-0.05, 0) is 64.2 Å². The Morgan fingerprint density at radius 3 is 1.16 bits per heavy atom. The molecule has 1 saturated heterocycles. The van der Waals surface area contributed by atoms with Gasteiger partial charge in [-0.2, -0.15) is 8.42 Å². The van der Waals surface area contributed by atoms with Gasteiger partial charge < -0.3 is 34.3 Å². The molecule has 0 aromatic carbocycles. The highest BCUT2D eigenvalue weighted by Crippen LogP contribution is 2.24. The van der Waals surface area contributed by atoms with Crippen LogP contribution in [0.2, 0.25) is 0 Å². The number of ether oxygens (including phenoxy) is 4. The van der Waals surface area contributed by atoms with Crippen LogP contribution in [0, 0.1) is 0 Å². The largest absolute Gasteiger partial charge is 0.462 e. The van der Waals surface area contributed by atoms with Gasteiger partial charge in [0, 0.05) is 12.8 Å². The molecule has 0 aromatic heterocycles. The van der Waals surface area contributed by atoms with Crippen LogP contribution in [-0.4, -0.2) is 96.0 Å². The highest BCUT2D eigenvalue weighted by Gasteiger charge is 2.46. The molecule has 1 aliphatic heterocycles. The summed E-state index contributed by atoms with van der Waals surface area (Å²) in [6.07, 6.45) is 53.6. The lowest BCUT2D eigenvalue weighted by Crippen LogP contribution is -2.60. The van der Waals surface area contributed by atoms with Crippen molar-refractivity contribution in [3.05, 3.63) is 36.5 Å². The highest BCUT2D eigenvalue weighted by molar-refractivity contribution is 7.85. The van der Waals surface area contributed by atoms with Crippen molar-refractivity contribution in [2.75, 3.05) is 19.0 Å². The van der Waals surface area contributed by atoms with Crippen molar-refractivity contribution in [1.82, 2.24) is 0 Å². The van der Waals surface area contributed by atoms with Crippen molar-refractivity contribution in [3.8, 4) is 0 Å². The van der Waals surface area contributed by atoms with Crippen molar-refractivity contribution in [1.29, 1.82) is 0 Å². The van der Waals surface area contributed by atoms with Gasteiger partial charge in [-0.3, -0.25) is 14.1 Å². The number of rotatable bonds is 53. The standard InChI is InChI=1S/C61H112O12S/c1-3-5-7-9-11-13-15-17-19-21-23-25-27-29-31-33-35-37-39-41-43-45-47-49-56(62)70-51-54(52-71-61-60(66)59(65)58(64)55(73-61)53-74(67,68)69)72-57(63)50-48-46-44-42-40-38-36-34-32-30-28-26-24-22-20-18-16-14-12-10-8-6-4-2/h33,35,41-44,54-55,58-61,64-66H,3-32,34,36-40,45-53H2,1-2H3,(H,67,68,69)/b35-33+,43-41+,44-42+/t54-,55-,58-,59?,60?,61+/m1/s1. The summed E-state index contributed by atoms with van der Waals surface area (Å²) in [4.78, 5) is 25.6. The van der Waals surface area contributed by atoms with Crippen LogP contribution >= 0.6 is 0 Å². The number of aliphatic hydroxyl groups excluding tert-OH is 3. The molecule has 13 heteroatoms. The molecule has 2 unspecified atom stereocenters. The molecular weight excluding hydrogens is 957 g/mol. The van der Waals surface area contributed by atoms with Gasteiger partial charge in [-0.1, -0.05) is 243 Å². The zero-order valence-electron chi connectivity index (χ0n) is 47.2. The maximum atomic E-state index is 12.9. The molecule has 0 saturated carbocycles. The van der Waals surface area contributed by atoms with Crippen molar-refractivity contribution in [2.24, 2.45) is 0 Å². The van der Waals surface area contributed by atoms with Crippen LogP contribution < -0.4 is 0 Å². The number of carbonyl (C=O) groups is 2. The van der Waals surface area contributed by atoms with E-state index in [0.717, 1.165) is 32.1 Å². The molecule has 1 heterocycles. The van der Waals surface area contributed by atoms with Gasteiger partial charge in [0.2, 0.25) is 0 Å². The summed E-state index contributed by atoms with van der Waals surface area (Å²) >= 11 is 0. The van der Waals surface area contributed by atoms with Crippen molar-refractivity contribution in [3.63, 3.8) is 0 Å². The molecule has 1 aliphatic rings. The summed E-state index contributed by atoms with van der Waals surface area (Å²) in [5, 5.41) is 31.1. The van der Waals surface area contributed by atoms with Gasteiger partial charge in [-0.15, -0.1) is 0 Å². The van der Waals surface area contributed by atoms with Gasteiger partial charge in [0.15, 0.2) is 12.4 Å². The van der Waals surface area contributed by atoms with Gasteiger partial charge >= 0.3 is 11.9 Å². The van der Waals surface area contributed by atoms with E-state index in [1.165, 1.54) is 199 Å². The fourth-order valence-corrected chi connectivity index (χ4v) is 10.2. The third-order valence-electron chi connectivity index (χ3n) is 14.2. The van der Waals surface area contributed by atoms with E-state index in [1.54, 1.807) is 0 Å². The smallest absolute Gasteiger partial charge is 0.306 e. The maximum Gasteiger partial charge on any atom is 0.306 e. The summed E-state index contributed by atoms with van der Waals surface area (Å²) < 4.78 is 54.4. The Kier molecular flexibility index (Phi) is 47.6. The number of aliphatic hydroxyl groups is 3. The van der Waals surface area contributed by atoms with Crippen molar-refractivity contribution < 1.29 is 56.8 Å². The molecule has 1 fully saturated rings. The van der Waals surface area contributed by atoms with Gasteiger partial charge in [0.05, 0.1) is 6.61 Å². The molecule has 0 bridgehead atoms. The number of esters is 2. The summed E-state index contributed by atoms with van der Waals surface area (Å²) in [7, 11) is -4.62.